The number of para-hydroxylation sites is 1. The Balaban J connectivity index is 1.50. The van der Waals surface area contributed by atoms with Gasteiger partial charge in [-0.3, -0.25) is 25.0 Å². The molecule has 3 aromatic rings. The number of nitro groups is 1. The first kappa shape index (κ1) is 23.7. The van der Waals surface area contributed by atoms with Gasteiger partial charge in [0.1, 0.15) is 0 Å². The predicted octanol–water partition coefficient (Wildman–Crippen LogP) is 3.42. The maximum atomic E-state index is 14.4. The summed E-state index contributed by atoms with van der Waals surface area (Å²) in [6.45, 7) is 3.38. The molecule has 38 heavy (non-hydrogen) atoms. The Labute approximate surface area is 218 Å². The number of amides is 4. The quantitative estimate of drug-likeness (QED) is 0.325. The molecule has 10 nitrogen and oxygen atoms in total. The molecule has 0 saturated carbocycles. The van der Waals surface area contributed by atoms with Crippen molar-refractivity contribution in [3.05, 3.63) is 94.0 Å². The highest BCUT2D eigenvalue weighted by Crippen LogP contribution is 2.47. The van der Waals surface area contributed by atoms with E-state index in [2.05, 4.69) is 10.2 Å². The van der Waals surface area contributed by atoms with Crippen LogP contribution in [0.25, 0.3) is 0 Å². The van der Waals surface area contributed by atoms with E-state index in [1.54, 1.807) is 30.3 Å². The monoisotopic (exact) mass is 511 g/mol. The van der Waals surface area contributed by atoms with E-state index in [0.717, 1.165) is 21.8 Å². The van der Waals surface area contributed by atoms with E-state index in [1.165, 1.54) is 12.1 Å². The van der Waals surface area contributed by atoms with E-state index in [0.29, 0.717) is 30.9 Å². The van der Waals surface area contributed by atoms with Gasteiger partial charge in [-0.2, -0.15) is 0 Å². The Morgan fingerprint density at radius 1 is 0.947 bits per heavy atom. The summed E-state index contributed by atoms with van der Waals surface area (Å²) < 4.78 is 0. The molecule has 4 amide bonds. The molecule has 0 radical (unpaired) electrons. The fourth-order valence-electron chi connectivity index (χ4n) is 5.92. The van der Waals surface area contributed by atoms with Gasteiger partial charge < -0.3 is 9.80 Å². The number of carbonyl (C=O) groups excluding carboxylic acids is 3. The van der Waals surface area contributed by atoms with Crippen LogP contribution in [-0.2, 0) is 16.0 Å². The Kier molecular flexibility index (Phi) is 5.41. The molecule has 1 spiro atoms. The molecule has 0 bridgehead atoms. The van der Waals surface area contributed by atoms with Crippen molar-refractivity contribution in [1.29, 1.82) is 0 Å². The molecule has 3 aliphatic rings. The van der Waals surface area contributed by atoms with Gasteiger partial charge in [0.25, 0.3) is 11.6 Å². The van der Waals surface area contributed by atoms with Gasteiger partial charge in [-0.25, -0.2) is 9.69 Å². The van der Waals surface area contributed by atoms with E-state index in [4.69, 9.17) is 0 Å². The fourth-order valence-corrected chi connectivity index (χ4v) is 5.92. The number of imide groups is 2. The maximum Gasteiger partial charge on any atom is 0.335 e. The van der Waals surface area contributed by atoms with Crippen LogP contribution in [0.3, 0.4) is 0 Å². The number of aryl methyl sites for hydroxylation is 1. The second-order valence-corrected chi connectivity index (χ2v) is 9.94. The normalized spacial score (nSPS) is 22.7. The van der Waals surface area contributed by atoms with Crippen LogP contribution in [0.1, 0.15) is 11.1 Å². The second kappa shape index (κ2) is 8.69. The molecule has 6 rings (SSSR count). The summed E-state index contributed by atoms with van der Waals surface area (Å²) in [5, 5.41) is 14.0. The highest BCUT2D eigenvalue weighted by Gasteiger charge is 2.63. The van der Waals surface area contributed by atoms with E-state index in [-0.39, 0.29) is 12.1 Å². The molecule has 3 heterocycles. The first-order valence-electron chi connectivity index (χ1n) is 12.4. The summed E-state index contributed by atoms with van der Waals surface area (Å²) in [6.07, 6.45) is -0.0614. The average Bonchev–Trinajstić information content (AvgIpc) is 2.92. The number of anilines is 3. The van der Waals surface area contributed by atoms with Crippen LogP contribution in [0, 0.1) is 22.5 Å². The van der Waals surface area contributed by atoms with Crippen molar-refractivity contribution < 1.29 is 19.3 Å². The average molecular weight is 512 g/mol. The van der Waals surface area contributed by atoms with E-state index >= 15 is 0 Å². The minimum absolute atomic E-state index is 0.0614. The van der Waals surface area contributed by atoms with E-state index < -0.39 is 34.2 Å². The smallest absolute Gasteiger partial charge is 0.335 e. The molecule has 192 valence electrons. The Morgan fingerprint density at radius 2 is 1.68 bits per heavy atom. The number of piperazine rings is 1. The molecule has 2 fully saturated rings. The number of fused-ring (bicyclic) bond motifs is 4. The van der Waals surface area contributed by atoms with Crippen molar-refractivity contribution in [3.63, 3.8) is 0 Å². The molecule has 0 aromatic heterocycles. The number of nitro benzene ring substituents is 1. The lowest BCUT2D eigenvalue weighted by Gasteiger charge is -2.55. The number of barbiturate groups is 1. The van der Waals surface area contributed by atoms with Crippen molar-refractivity contribution in [2.75, 3.05) is 34.3 Å². The number of rotatable bonds is 3. The molecule has 0 aliphatic carbocycles. The Morgan fingerprint density at radius 3 is 2.39 bits per heavy atom. The van der Waals surface area contributed by atoms with Gasteiger partial charge in [0, 0.05) is 49.6 Å². The van der Waals surface area contributed by atoms with Gasteiger partial charge in [0.2, 0.25) is 5.91 Å². The number of urea groups is 1. The topological polar surface area (TPSA) is 116 Å². The third-order valence-electron chi connectivity index (χ3n) is 7.83. The number of benzene rings is 3. The van der Waals surface area contributed by atoms with Gasteiger partial charge in [-0.1, -0.05) is 35.9 Å². The van der Waals surface area contributed by atoms with Crippen molar-refractivity contribution in [1.82, 2.24) is 5.32 Å². The minimum atomic E-state index is -1.67. The van der Waals surface area contributed by atoms with Gasteiger partial charge in [-0.05, 0) is 42.8 Å². The molecule has 2 unspecified atom stereocenters. The van der Waals surface area contributed by atoms with Gasteiger partial charge in [0.15, 0.2) is 5.41 Å². The first-order chi connectivity index (χ1) is 18.3. The van der Waals surface area contributed by atoms with Crippen LogP contribution in [0.4, 0.5) is 27.5 Å². The van der Waals surface area contributed by atoms with Gasteiger partial charge in [-0.15, -0.1) is 0 Å². The fraction of sp³-hybridized carbons (Fsp3) is 0.250. The summed E-state index contributed by atoms with van der Waals surface area (Å²) in [5.41, 5.74) is 1.79. The number of nitrogens with one attached hydrogen (secondary N) is 1. The zero-order chi connectivity index (χ0) is 26.6. The summed E-state index contributed by atoms with van der Waals surface area (Å²) in [6, 6.07) is 19.8. The zero-order valence-corrected chi connectivity index (χ0v) is 20.7. The van der Waals surface area contributed by atoms with E-state index in [1.807, 2.05) is 42.2 Å². The lowest BCUT2D eigenvalue weighted by Crippen LogP contribution is -2.75. The van der Waals surface area contributed by atoms with Crippen LogP contribution >= 0.6 is 0 Å². The maximum absolute atomic E-state index is 14.4. The Hall–Kier alpha value is -4.73. The summed E-state index contributed by atoms with van der Waals surface area (Å²) in [7, 11) is 0. The molecule has 1 N–H and O–H groups in total. The van der Waals surface area contributed by atoms with Crippen LogP contribution in [0.15, 0.2) is 72.8 Å². The van der Waals surface area contributed by atoms with Crippen molar-refractivity contribution in [2.45, 2.75) is 19.4 Å². The molecule has 3 aliphatic heterocycles. The van der Waals surface area contributed by atoms with Crippen molar-refractivity contribution in [3.8, 4) is 0 Å². The van der Waals surface area contributed by atoms with Crippen molar-refractivity contribution >= 4 is 40.6 Å². The molecule has 2 saturated heterocycles. The molecule has 3 aromatic carbocycles. The number of non-ortho nitro benzene ring substituents is 1. The Bertz CT molecular complexity index is 1470. The minimum Gasteiger partial charge on any atom is -0.368 e. The molecular weight excluding hydrogens is 486 g/mol. The highest BCUT2D eigenvalue weighted by atomic mass is 16.6. The van der Waals surface area contributed by atoms with Gasteiger partial charge in [0.05, 0.1) is 16.7 Å². The summed E-state index contributed by atoms with van der Waals surface area (Å²) in [5.74, 6) is -1.31. The third-order valence-corrected chi connectivity index (χ3v) is 7.83. The molecule has 2 atom stereocenters. The summed E-state index contributed by atoms with van der Waals surface area (Å²) >= 11 is 0. The van der Waals surface area contributed by atoms with E-state index in [9.17, 15) is 24.5 Å². The number of hydrogen-bond acceptors (Lipinski definition) is 7. The lowest BCUT2D eigenvalue weighted by molar-refractivity contribution is -0.384. The second-order valence-electron chi connectivity index (χ2n) is 9.94. The van der Waals surface area contributed by atoms with Crippen LogP contribution in [0.5, 0.6) is 0 Å². The van der Waals surface area contributed by atoms with Crippen LogP contribution in [0.2, 0.25) is 0 Å². The number of carbonyl (C=O) groups is 3. The number of nitrogens with zero attached hydrogens (tertiary/aromatic N) is 4. The molecule has 10 heteroatoms. The predicted molar refractivity (Wildman–Crippen MR) is 141 cm³/mol. The van der Waals surface area contributed by atoms with Gasteiger partial charge >= 0.3 is 6.03 Å². The number of hydrogen-bond donors (Lipinski definition) is 1. The first-order valence-corrected chi connectivity index (χ1v) is 12.4. The SMILES string of the molecule is Cc1ccc(N2C(=O)NC(=O)C3(Cc4cc([N+](=O)[O-])ccc4N4CCN(c5ccccc5)CC43)C2=O)cc1. The standard InChI is InChI=1S/C28H25N5O5/c1-18-7-9-21(10-8-18)32-26(35)28(25(34)29-27(32)36)16-19-15-22(33(37)38)11-12-23(19)31-14-13-30(17-24(28)31)20-5-3-2-4-6-20/h2-12,15,24H,13-14,16-17H2,1H3,(H,29,34,36). The van der Waals surface area contributed by atoms with Crippen molar-refractivity contribution in [2.24, 2.45) is 5.41 Å². The largest absolute Gasteiger partial charge is 0.368 e. The highest BCUT2D eigenvalue weighted by molar-refractivity contribution is 6.30. The van der Waals surface area contributed by atoms with Crippen LogP contribution < -0.4 is 20.0 Å². The van der Waals surface area contributed by atoms with Crippen LogP contribution in [-0.4, -0.2) is 48.4 Å². The zero-order valence-electron chi connectivity index (χ0n) is 20.7. The molecular formula is C28H25N5O5. The third kappa shape index (κ3) is 3.52. The summed E-state index contributed by atoms with van der Waals surface area (Å²) in [4.78, 5) is 57.4. The lowest BCUT2D eigenvalue weighted by atomic mass is 9.67.